The highest BCUT2D eigenvalue weighted by atomic mass is 32.2. The predicted octanol–water partition coefficient (Wildman–Crippen LogP) is 1.17. The molecule has 1 fully saturated rings. The molecule has 1 aliphatic rings. The first-order valence-electron chi connectivity index (χ1n) is 7.33. The molecule has 4 N–H and O–H groups in total. The fraction of sp³-hybridized carbons (Fsp3) is 0.929. The van der Waals surface area contributed by atoms with E-state index in [1.165, 1.54) is 0 Å². The highest BCUT2D eigenvalue weighted by molar-refractivity contribution is 8.00. The van der Waals surface area contributed by atoms with E-state index >= 15 is 0 Å². The van der Waals surface area contributed by atoms with Crippen molar-refractivity contribution >= 4 is 17.6 Å². The second-order valence-corrected chi connectivity index (χ2v) is 6.85. The zero-order chi connectivity index (χ0) is 15.2. The Kier molecular flexibility index (Phi) is 7.29. The van der Waals surface area contributed by atoms with Crippen molar-refractivity contribution in [1.29, 1.82) is 0 Å². The molecule has 1 aliphatic heterocycles. The van der Waals surface area contributed by atoms with Crippen LogP contribution < -0.4 is 5.73 Å². The predicted molar refractivity (Wildman–Crippen MR) is 84.3 cm³/mol. The number of aliphatic hydroxyl groups excluding tert-OH is 2. The Labute approximate surface area is 126 Å². The molecule has 0 aromatic heterocycles. The summed E-state index contributed by atoms with van der Waals surface area (Å²) in [5, 5.41) is 19.4. The van der Waals surface area contributed by atoms with Gasteiger partial charge in [-0.2, -0.15) is 11.8 Å². The standard InChI is InChI=1S/C14H28N2O3S/c1-4-14(5-2,20-7-6-16-10(3)15)13-8-11(17)12(18)9-19-13/h11-13,17-18H,4-9H2,1-3H3,(H2,15,16). The van der Waals surface area contributed by atoms with E-state index in [1.807, 2.05) is 11.8 Å². The molecule has 3 atom stereocenters. The first-order chi connectivity index (χ1) is 9.45. The quantitative estimate of drug-likeness (QED) is 0.373. The largest absolute Gasteiger partial charge is 0.390 e. The molecule has 0 saturated carbocycles. The SMILES string of the molecule is CCC(CC)(SCCN=C(C)N)C1CC(O)C(O)CO1. The molecule has 118 valence electrons. The summed E-state index contributed by atoms with van der Waals surface area (Å²) in [6, 6.07) is 0. The van der Waals surface area contributed by atoms with Crippen LogP contribution in [0.1, 0.15) is 40.0 Å². The van der Waals surface area contributed by atoms with Gasteiger partial charge in [-0.25, -0.2) is 0 Å². The lowest BCUT2D eigenvalue weighted by molar-refractivity contribution is -0.131. The van der Waals surface area contributed by atoms with Crippen molar-refractivity contribution < 1.29 is 14.9 Å². The van der Waals surface area contributed by atoms with Crippen LogP contribution in [0.4, 0.5) is 0 Å². The van der Waals surface area contributed by atoms with E-state index in [0.717, 1.165) is 18.6 Å². The number of amidine groups is 1. The van der Waals surface area contributed by atoms with Crippen molar-refractivity contribution in [3.8, 4) is 0 Å². The summed E-state index contributed by atoms with van der Waals surface area (Å²) >= 11 is 1.84. The van der Waals surface area contributed by atoms with Crippen molar-refractivity contribution in [2.45, 2.75) is 63.1 Å². The summed E-state index contributed by atoms with van der Waals surface area (Å²) in [5.41, 5.74) is 5.54. The molecule has 0 aliphatic carbocycles. The van der Waals surface area contributed by atoms with Crippen LogP contribution in [-0.2, 0) is 4.74 Å². The molecule has 1 rings (SSSR count). The Bertz CT molecular complexity index is 318. The van der Waals surface area contributed by atoms with Gasteiger partial charge in [-0.3, -0.25) is 4.99 Å². The molecule has 0 aromatic rings. The van der Waals surface area contributed by atoms with Gasteiger partial charge in [0.1, 0.15) is 6.10 Å². The van der Waals surface area contributed by atoms with Gasteiger partial charge in [-0.1, -0.05) is 13.8 Å². The number of aliphatic imine (C=N–C) groups is 1. The van der Waals surface area contributed by atoms with Crippen LogP contribution in [0, 0.1) is 0 Å². The highest BCUT2D eigenvalue weighted by Crippen LogP contribution is 2.40. The summed E-state index contributed by atoms with van der Waals surface area (Å²) in [5.74, 6) is 1.49. The maximum Gasteiger partial charge on any atom is 0.103 e. The molecule has 0 bridgehead atoms. The maximum atomic E-state index is 9.87. The van der Waals surface area contributed by atoms with Crippen molar-refractivity contribution in [1.82, 2.24) is 0 Å². The van der Waals surface area contributed by atoms with E-state index in [1.54, 1.807) is 6.92 Å². The number of hydrogen-bond acceptors (Lipinski definition) is 5. The lowest BCUT2D eigenvalue weighted by Crippen LogP contribution is -2.50. The van der Waals surface area contributed by atoms with Crippen LogP contribution in [0.15, 0.2) is 4.99 Å². The molecule has 0 spiro atoms. The molecule has 0 radical (unpaired) electrons. The van der Waals surface area contributed by atoms with Crippen molar-refractivity contribution in [2.24, 2.45) is 10.7 Å². The second kappa shape index (κ2) is 8.22. The Hall–Kier alpha value is -0.300. The van der Waals surface area contributed by atoms with E-state index in [0.29, 0.717) is 18.8 Å². The number of hydrogen-bond donors (Lipinski definition) is 3. The fourth-order valence-corrected chi connectivity index (χ4v) is 3.96. The van der Waals surface area contributed by atoms with Crippen LogP contribution in [-0.4, -0.2) is 58.0 Å². The van der Waals surface area contributed by atoms with Crippen molar-refractivity contribution in [2.75, 3.05) is 18.9 Å². The minimum absolute atomic E-state index is 0.0242. The molecule has 1 heterocycles. The van der Waals surface area contributed by atoms with Gasteiger partial charge in [0, 0.05) is 23.5 Å². The van der Waals surface area contributed by atoms with Gasteiger partial charge in [-0.15, -0.1) is 0 Å². The van der Waals surface area contributed by atoms with Crippen molar-refractivity contribution in [3.05, 3.63) is 0 Å². The fourth-order valence-electron chi connectivity index (χ4n) is 2.61. The molecule has 6 heteroatoms. The zero-order valence-electron chi connectivity index (χ0n) is 12.7. The van der Waals surface area contributed by atoms with Gasteiger partial charge >= 0.3 is 0 Å². The summed E-state index contributed by atoms with van der Waals surface area (Å²) in [6.45, 7) is 7.00. The molecular formula is C14H28N2O3S. The van der Waals surface area contributed by atoms with Crippen molar-refractivity contribution in [3.63, 3.8) is 0 Å². The van der Waals surface area contributed by atoms with Crippen LogP contribution >= 0.6 is 11.8 Å². The topological polar surface area (TPSA) is 88.1 Å². The lowest BCUT2D eigenvalue weighted by Gasteiger charge is -2.43. The minimum Gasteiger partial charge on any atom is -0.390 e. The van der Waals surface area contributed by atoms with Gasteiger partial charge in [-0.05, 0) is 19.8 Å². The van der Waals surface area contributed by atoms with Gasteiger partial charge in [0.15, 0.2) is 0 Å². The van der Waals surface area contributed by atoms with E-state index in [-0.39, 0.29) is 17.5 Å². The molecular weight excluding hydrogens is 276 g/mol. The molecule has 5 nitrogen and oxygen atoms in total. The molecule has 20 heavy (non-hydrogen) atoms. The third-order valence-corrected chi connectivity index (χ3v) is 5.80. The Balaban J connectivity index is 2.63. The number of aliphatic hydroxyl groups is 2. The van der Waals surface area contributed by atoms with E-state index < -0.39 is 12.2 Å². The van der Waals surface area contributed by atoms with E-state index in [4.69, 9.17) is 10.5 Å². The zero-order valence-corrected chi connectivity index (χ0v) is 13.5. The van der Waals surface area contributed by atoms with Gasteiger partial charge in [0.2, 0.25) is 0 Å². The van der Waals surface area contributed by atoms with Crippen LogP contribution in [0.25, 0.3) is 0 Å². The number of nitrogens with two attached hydrogens (primary N) is 1. The molecule has 0 amide bonds. The summed E-state index contributed by atoms with van der Waals surface area (Å²) < 4.78 is 5.77. The number of nitrogens with zero attached hydrogens (tertiary/aromatic N) is 1. The van der Waals surface area contributed by atoms with Crippen LogP contribution in [0.5, 0.6) is 0 Å². The second-order valence-electron chi connectivity index (χ2n) is 5.34. The van der Waals surface area contributed by atoms with Crippen LogP contribution in [0.3, 0.4) is 0 Å². The van der Waals surface area contributed by atoms with Gasteiger partial charge in [0.25, 0.3) is 0 Å². The summed E-state index contributed by atoms with van der Waals surface area (Å²) in [6.07, 6.45) is 0.960. The van der Waals surface area contributed by atoms with E-state index in [9.17, 15) is 10.2 Å². The third kappa shape index (κ3) is 4.62. The third-order valence-electron chi connectivity index (χ3n) is 3.99. The first kappa shape index (κ1) is 17.8. The number of ether oxygens (including phenoxy) is 1. The lowest BCUT2D eigenvalue weighted by atomic mass is 9.88. The highest BCUT2D eigenvalue weighted by Gasteiger charge is 2.42. The first-order valence-corrected chi connectivity index (χ1v) is 8.32. The Morgan fingerprint density at radius 2 is 2.00 bits per heavy atom. The Morgan fingerprint density at radius 3 is 2.50 bits per heavy atom. The monoisotopic (exact) mass is 304 g/mol. The van der Waals surface area contributed by atoms with Gasteiger partial charge < -0.3 is 20.7 Å². The summed E-state index contributed by atoms with van der Waals surface area (Å²) in [7, 11) is 0. The number of thioether (sulfide) groups is 1. The van der Waals surface area contributed by atoms with Gasteiger partial charge in [0.05, 0.1) is 24.7 Å². The average Bonchev–Trinajstić information content (AvgIpc) is 2.43. The number of rotatable bonds is 7. The normalized spacial score (nSPS) is 28.6. The molecule has 1 saturated heterocycles. The van der Waals surface area contributed by atoms with E-state index in [2.05, 4.69) is 18.8 Å². The molecule has 0 aromatic carbocycles. The Morgan fingerprint density at radius 1 is 1.35 bits per heavy atom. The molecule has 3 unspecified atom stereocenters. The maximum absolute atomic E-state index is 9.87. The average molecular weight is 304 g/mol. The van der Waals surface area contributed by atoms with Crippen LogP contribution in [0.2, 0.25) is 0 Å². The summed E-state index contributed by atoms with van der Waals surface area (Å²) in [4.78, 5) is 4.21. The smallest absolute Gasteiger partial charge is 0.103 e. The minimum atomic E-state index is -0.757.